The Morgan fingerprint density at radius 3 is 2.45 bits per heavy atom. The van der Waals surface area contributed by atoms with E-state index in [0.29, 0.717) is 0 Å². The molecule has 1 fully saturated rings. The van der Waals surface area contributed by atoms with Crippen LogP contribution < -0.4 is 10.6 Å². The van der Waals surface area contributed by atoms with Crippen molar-refractivity contribution in [2.75, 3.05) is 20.6 Å². The Morgan fingerprint density at radius 2 is 2.09 bits per heavy atom. The van der Waals surface area contributed by atoms with Gasteiger partial charge >= 0.3 is 6.03 Å². The third-order valence-electron chi connectivity index (χ3n) is 1.84. The van der Waals surface area contributed by atoms with Gasteiger partial charge in [-0.3, -0.25) is 0 Å². The van der Waals surface area contributed by atoms with E-state index in [4.69, 9.17) is 0 Å². The van der Waals surface area contributed by atoms with Crippen molar-refractivity contribution in [2.45, 2.75) is 19.0 Å². The molecule has 11 heavy (non-hydrogen) atoms. The molecule has 0 radical (unpaired) electrons. The van der Waals surface area contributed by atoms with Gasteiger partial charge in [-0.2, -0.15) is 0 Å². The number of hydrogen-bond acceptors (Lipinski definition) is 2. The average molecular weight is 157 g/mol. The summed E-state index contributed by atoms with van der Waals surface area (Å²) in [6, 6.07) is 0.437. The average Bonchev–Trinajstić information content (AvgIpc) is 2.09. The zero-order chi connectivity index (χ0) is 8.43. The lowest BCUT2D eigenvalue weighted by Gasteiger charge is -2.18. The van der Waals surface area contributed by atoms with Crippen LogP contribution in [0.4, 0.5) is 4.79 Å². The highest BCUT2D eigenvalue weighted by Gasteiger charge is 2.27. The molecule has 0 spiro atoms. The molecule has 0 aromatic rings. The van der Waals surface area contributed by atoms with Crippen molar-refractivity contribution in [1.82, 2.24) is 15.5 Å². The lowest BCUT2D eigenvalue weighted by molar-refractivity contribution is 0.246. The minimum absolute atomic E-state index is 0.0515. The van der Waals surface area contributed by atoms with Gasteiger partial charge in [0.25, 0.3) is 0 Å². The first-order chi connectivity index (χ1) is 5.09. The fourth-order valence-electron chi connectivity index (χ4n) is 1.24. The van der Waals surface area contributed by atoms with Crippen LogP contribution in [0.15, 0.2) is 0 Å². The Morgan fingerprint density at radius 1 is 1.45 bits per heavy atom. The van der Waals surface area contributed by atoms with Gasteiger partial charge < -0.3 is 15.5 Å². The summed E-state index contributed by atoms with van der Waals surface area (Å²) in [4.78, 5) is 12.9. The summed E-state index contributed by atoms with van der Waals surface area (Å²) in [7, 11) is 3.99. The predicted octanol–water partition coefficient (Wildman–Crippen LogP) is -0.382. The molecule has 0 aromatic heterocycles. The van der Waals surface area contributed by atoms with E-state index in [1.165, 1.54) is 0 Å². The third-order valence-corrected chi connectivity index (χ3v) is 1.84. The van der Waals surface area contributed by atoms with Gasteiger partial charge in [0.05, 0.1) is 6.04 Å². The van der Waals surface area contributed by atoms with Crippen LogP contribution in [-0.2, 0) is 0 Å². The summed E-state index contributed by atoms with van der Waals surface area (Å²) in [5, 5.41) is 5.64. The zero-order valence-electron chi connectivity index (χ0n) is 7.22. The van der Waals surface area contributed by atoms with Crippen molar-refractivity contribution in [3.05, 3.63) is 0 Å². The van der Waals surface area contributed by atoms with Gasteiger partial charge in [-0.05, 0) is 21.0 Å². The molecule has 0 saturated carbocycles. The maximum absolute atomic E-state index is 10.8. The molecule has 1 heterocycles. The van der Waals surface area contributed by atoms with Crippen molar-refractivity contribution in [3.8, 4) is 0 Å². The first kappa shape index (κ1) is 8.33. The van der Waals surface area contributed by atoms with Crippen LogP contribution in [0.1, 0.15) is 6.92 Å². The number of carbonyl (C=O) groups excluding carboxylic acids is 1. The second-order valence-corrected chi connectivity index (χ2v) is 3.28. The van der Waals surface area contributed by atoms with Crippen LogP contribution in [-0.4, -0.2) is 43.7 Å². The molecule has 1 aliphatic rings. The monoisotopic (exact) mass is 157 g/mol. The normalized spacial score (nSPS) is 30.4. The molecule has 2 amide bonds. The highest BCUT2D eigenvalue weighted by molar-refractivity contribution is 5.77. The maximum Gasteiger partial charge on any atom is 0.315 e. The van der Waals surface area contributed by atoms with Gasteiger partial charge in [0.2, 0.25) is 0 Å². The Labute approximate surface area is 66.9 Å². The number of rotatable bonds is 2. The van der Waals surface area contributed by atoms with Crippen molar-refractivity contribution < 1.29 is 4.79 Å². The largest absolute Gasteiger partial charge is 0.334 e. The van der Waals surface area contributed by atoms with E-state index in [1.54, 1.807) is 0 Å². The second kappa shape index (κ2) is 3.09. The Bertz CT molecular complexity index is 158. The van der Waals surface area contributed by atoms with Crippen LogP contribution >= 0.6 is 0 Å². The van der Waals surface area contributed by atoms with E-state index in [1.807, 2.05) is 21.0 Å². The van der Waals surface area contributed by atoms with E-state index < -0.39 is 0 Å². The van der Waals surface area contributed by atoms with Crippen LogP contribution in [0.25, 0.3) is 0 Å². The summed E-state index contributed by atoms with van der Waals surface area (Å²) in [5.41, 5.74) is 0. The Hall–Kier alpha value is -0.770. The van der Waals surface area contributed by atoms with Crippen molar-refractivity contribution in [1.29, 1.82) is 0 Å². The van der Waals surface area contributed by atoms with E-state index in [-0.39, 0.29) is 18.1 Å². The fourth-order valence-corrected chi connectivity index (χ4v) is 1.24. The molecule has 2 unspecified atom stereocenters. The summed E-state index contributed by atoms with van der Waals surface area (Å²) in [6.45, 7) is 2.89. The van der Waals surface area contributed by atoms with Crippen LogP contribution in [0.2, 0.25) is 0 Å². The van der Waals surface area contributed by atoms with E-state index >= 15 is 0 Å². The lowest BCUT2D eigenvalue weighted by Crippen LogP contribution is -2.40. The van der Waals surface area contributed by atoms with Gasteiger partial charge in [-0.15, -0.1) is 0 Å². The smallest absolute Gasteiger partial charge is 0.315 e. The number of urea groups is 1. The molecule has 4 nitrogen and oxygen atoms in total. The molecular formula is C7H15N3O. The molecule has 0 aliphatic carbocycles. The quantitative estimate of drug-likeness (QED) is 0.574. The molecule has 2 atom stereocenters. The summed E-state index contributed by atoms with van der Waals surface area (Å²) >= 11 is 0. The number of carbonyl (C=O) groups is 1. The summed E-state index contributed by atoms with van der Waals surface area (Å²) in [6.07, 6.45) is 0. The molecule has 1 rings (SSSR count). The number of nitrogens with one attached hydrogen (secondary N) is 2. The molecule has 64 valence electrons. The van der Waals surface area contributed by atoms with Gasteiger partial charge in [0.1, 0.15) is 0 Å². The van der Waals surface area contributed by atoms with Crippen LogP contribution in [0, 0.1) is 0 Å². The van der Waals surface area contributed by atoms with Gasteiger partial charge in [-0.1, -0.05) is 0 Å². The van der Waals surface area contributed by atoms with Crippen LogP contribution in [0.3, 0.4) is 0 Å². The summed E-state index contributed by atoms with van der Waals surface area (Å²) < 4.78 is 0. The lowest BCUT2D eigenvalue weighted by atomic mass is 10.1. The Kier molecular flexibility index (Phi) is 2.34. The first-order valence-electron chi connectivity index (χ1n) is 3.81. The topological polar surface area (TPSA) is 44.4 Å². The first-order valence-corrected chi connectivity index (χ1v) is 3.81. The maximum atomic E-state index is 10.8. The van der Waals surface area contributed by atoms with Crippen molar-refractivity contribution in [3.63, 3.8) is 0 Å². The van der Waals surface area contributed by atoms with Gasteiger partial charge in [0.15, 0.2) is 0 Å². The van der Waals surface area contributed by atoms with E-state index in [0.717, 1.165) is 6.54 Å². The molecular weight excluding hydrogens is 142 g/mol. The number of hydrogen-bond donors (Lipinski definition) is 2. The minimum Gasteiger partial charge on any atom is -0.334 e. The molecule has 4 heteroatoms. The molecule has 0 aromatic carbocycles. The molecule has 1 aliphatic heterocycles. The molecule has 2 N–H and O–H groups in total. The number of amides is 2. The van der Waals surface area contributed by atoms with E-state index in [2.05, 4.69) is 15.5 Å². The highest BCUT2D eigenvalue weighted by Crippen LogP contribution is 2.00. The van der Waals surface area contributed by atoms with Crippen LogP contribution in [0.5, 0.6) is 0 Å². The summed E-state index contributed by atoms with van der Waals surface area (Å²) in [5.74, 6) is 0. The molecule has 1 saturated heterocycles. The van der Waals surface area contributed by atoms with E-state index in [9.17, 15) is 4.79 Å². The SMILES string of the molecule is CC1NC(=O)NC1CN(C)C. The van der Waals surface area contributed by atoms with Gasteiger partial charge in [0, 0.05) is 12.6 Å². The van der Waals surface area contributed by atoms with Crippen molar-refractivity contribution >= 4 is 6.03 Å². The number of nitrogens with zero attached hydrogens (tertiary/aromatic N) is 1. The fraction of sp³-hybridized carbons (Fsp3) is 0.857. The highest BCUT2D eigenvalue weighted by atomic mass is 16.2. The third kappa shape index (κ3) is 2.08. The minimum atomic E-state index is -0.0515. The zero-order valence-corrected chi connectivity index (χ0v) is 7.22. The predicted molar refractivity (Wildman–Crippen MR) is 43.5 cm³/mol. The number of likely N-dealkylation sites (N-methyl/N-ethyl adjacent to an activating group) is 1. The molecule has 0 bridgehead atoms. The second-order valence-electron chi connectivity index (χ2n) is 3.28. The Balaban J connectivity index is 2.40. The van der Waals surface area contributed by atoms with Gasteiger partial charge in [-0.25, -0.2) is 4.79 Å². The van der Waals surface area contributed by atoms with Crippen molar-refractivity contribution in [2.24, 2.45) is 0 Å². The standard InChI is InChI=1S/C7H15N3O/c1-5-6(4-10(2)3)9-7(11)8-5/h5-6H,4H2,1-3H3,(H2,8,9,11).